The summed E-state index contributed by atoms with van der Waals surface area (Å²) in [6.07, 6.45) is 9.07. The molecule has 390 valence electrons. The number of ether oxygens (including phenoxy) is 6. The third-order valence-corrected chi connectivity index (χ3v) is 18.5. The molecule has 1 aromatic heterocycles. The second-order valence-corrected chi connectivity index (χ2v) is 23.8. The highest BCUT2D eigenvalue weighted by Gasteiger charge is 2.69. The van der Waals surface area contributed by atoms with Crippen LogP contribution in [0.4, 0.5) is 0 Å². The number of unbranched alkanes of at least 4 members (excludes halogenated alkanes) is 2. The summed E-state index contributed by atoms with van der Waals surface area (Å²) in [5, 5.41) is 22.5. The summed E-state index contributed by atoms with van der Waals surface area (Å²) in [7, 11) is 0. The number of hydrogen-bond acceptors (Lipinski definition) is 15. The molecule has 17 nitrogen and oxygen atoms in total. The van der Waals surface area contributed by atoms with Crippen molar-refractivity contribution >= 4 is 35.8 Å². The summed E-state index contributed by atoms with van der Waals surface area (Å²) in [5.74, 6) is -2.38. The van der Waals surface area contributed by atoms with E-state index in [1.807, 2.05) is 0 Å². The second-order valence-electron chi connectivity index (χ2n) is 23.8. The third kappa shape index (κ3) is 10.3. The molecule has 7 rings (SSSR count). The molecule has 5 aliphatic carbocycles. The zero-order valence-electron chi connectivity index (χ0n) is 43.6. The van der Waals surface area contributed by atoms with Gasteiger partial charge in [-0.3, -0.25) is 33.4 Å². The van der Waals surface area contributed by atoms with Gasteiger partial charge in [-0.25, -0.2) is 0 Å². The Kier molecular flexibility index (Phi) is 15.5. The number of aliphatic hydroxyl groups excluding tert-OH is 1. The summed E-state index contributed by atoms with van der Waals surface area (Å²) in [6, 6.07) is 0. The highest BCUT2D eigenvalue weighted by molar-refractivity contribution is 5.79. The summed E-state index contributed by atoms with van der Waals surface area (Å²) >= 11 is 0. The van der Waals surface area contributed by atoms with Gasteiger partial charge in [0.05, 0.1) is 17.7 Å². The molecule has 0 aromatic carbocycles. The number of hydrogen-bond donors (Lipinski definition) is 2. The Bertz CT molecular complexity index is 2190. The van der Waals surface area contributed by atoms with Gasteiger partial charge in [-0.2, -0.15) is 0 Å². The third-order valence-electron chi connectivity index (χ3n) is 18.5. The van der Waals surface area contributed by atoms with Crippen LogP contribution in [0, 0.1) is 50.2 Å². The van der Waals surface area contributed by atoms with Gasteiger partial charge in [0.15, 0.2) is 24.5 Å². The molecule has 1 amide bonds. The maximum Gasteiger partial charge on any atom is 0.313 e. The van der Waals surface area contributed by atoms with E-state index in [4.69, 9.17) is 28.4 Å². The van der Waals surface area contributed by atoms with Gasteiger partial charge >= 0.3 is 29.8 Å². The highest BCUT2D eigenvalue weighted by Crippen LogP contribution is 2.76. The Morgan fingerprint density at radius 1 is 0.771 bits per heavy atom. The molecule has 1 aliphatic heterocycles. The van der Waals surface area contributed by atoms with Crippen molar-refractivity contribution in [2.75, 3.05) is 6.61 Å². The van der Waals surface area contributed by atoms with Crippen LogP contribution >= 0.6 is 0 Å². The van der Waals surface area contributed by atoms with Crippen LogP contribution in [0.3, 0.4) is 0 Å². The zero-order valence-corrected chi connectivity index (χ0v) is 43.6. The van der Waals surface area contributed by atoms with Crippen LogP contribution in [0.15, 0.2) is 17.8 Å². The number of rotatable bonds is 15. The van der Waals surface area contributed by atoms with E-state index in [2.05, 4.69) is 70.2 Å². The van der Waals surface area contributed by atoms with Gasteiger partial charge in [-0.15, -0.1) is 5.10 Å². The van der Waals surface area contributed by atoms with Crippen LogP contribution in [-0.2, 0) is 70.3 Å². The van der Waals surface area contributed by atoms with Crippen molar-refractivity contribution in [1.29, 1.82) is 0 Å². The minimum absolute atomic E-state index is 0.0267. The van der Waals surface area contributed by atoms with Gasteiger partial charge < -0.3 is 38.8 Å². The highest BCUT2D eigenvalue weighted by atomic mass is 16.7. The lowest BCUT2D eigenvalue weighted by atomic mass is 9.33. The summed E-state index contributed by atoms with van der Waals surface area (Å²) in [5.41, 5.74) is 1.69. The smallest absolute Gasteiger partial charge is 0.313 e. The monoisotopic (exact) mass is 981 g/mol. The lowest BCUT2D eigenvalue weighted by Gasteiger charge is -2.71. The number of esters is 5. The molecule has 1 saturated heterocycles. The first-order valence-electron chi connectivity index (χ1n) is 25.8. The molecule has 0 bridgehead atoms. The first-order valence-corrected chi connectivity index (χ1v) is 25.8. The van der Waals surface area contributed by atoms with E-state index in [0.717, 1.165) is 85.0 Å². The predicted molar refractivity (Wildman–Crippen MR) is 253 cm³/mol. The van der Waals surface area contributed by atoms with Gasteiger partial charge in [-0.1, -0.05) is 71.7 Å². The summed E-state index contributed by atoms with van der Waals surface area (Å²) in [6.45, 7) is 21.6. The van der Waals surface area contributed by atoms with Gasteiger partial charge in [-0.05, 0) is 122 Å². The van der Waals surface area contributed by atoms with E-state index < -0.39 is 72.5 Å². The van der Waals surface area contributed by atoms with Gasteiger partial charge in [0.2, 0.25) is 5.91 Å². The molecule has 5 fully saturated rings. The fraction of sp³-hybridized carbons (Fsp3) is 0.811. The number of carbonyl (C=O) groups is 6. The fourth-order valence-electron chi connectivity index (χ4n) is 14.7. The van der Waals surface area contributed by atoms with Gasteiger partial charge in [0.1, 0.15) is 25.0 Å². The molecule has 4 saturated carbocycles. The Labute approximate surface area is 413 Å². The van der Waals surface area contributed by atoms with E-state index in [9.17, 15) is 33.9 Å². The summed E-state index contributed by atoms with van der Waals surface area (Å²) in [4.78, 5) is 75.9. The Hall–Kier alpha value is -4.38. The first kappa shape index (κ1) is 53.4. The maximum atomic E-state index is 14.7. The number of fused-ring (bicyclic) bond motifs is 7. The molecular weight excluding hydrogens is 901 g/mol. The number of allylic oxidation sites excluding steroid dienone is 2. The molecule has 0 unspecified atom stereocenters. The molecule has 70 heavy (non-hydrogen) atoms. The number of aryl methyl sites for hydroxylation is 1. The zero-order chi connectivity index (χ0) is 51.2. The molecule has 2 N–H and O–H groups in total. The quantitative estimate of drug-likeness (QED) is 0.0765. The van der Waals surface area contributed by atoms with Crippen LogP contribution in [0.25, 0.3) is 0 Å². The van der Waals surface area contributed by atoms with Crippen LogP contribution in [-0.4, -0.2) is 99.2 Å². The Morgan fingerprint density at radius 3 is 2.13 bits per heavy atom. The molecule has 17 heteroatoms. The average Bonchev–Trinajstić information content (AvgIpc) is 3.72. The topological polar surface area (TPSA) is 221 Å². The molecule has 1 aromatic rings. The van der Waals surface area contributed by atoms with Crippen LogP contribution in [0.1, 0.15) is 172 Å². The number of aliphatic hydroxyl groups is 1. The van der Waals surface area contributed by atoms with Crippen LogP contribution in [0.5, 0.6) is 0 Å². The van der Waals surface area contributed by atoms with Crippen molar-refractivity contribution in [3.63, 3.8) is 0 Å². The average molecular weight is 981 g/mol. The minimum Gasteiger partial charge on any atom is -0.463 e. The predicted octanol–water partition coefficient (Wildman–Crippen LogP) is 7.24. The molecule has 13 atom stereocenters. The van der Waals surface area contributed by atoms with Crippen molar-refractivity contribution in [1.82, 2.24) is 20.3 Å². The maximum absolute atomic E-state index is 14.7. The van der Waals surface area contributed by atoms with Crippen molar-refractivity contribution in [2.24, 2.45) is 50.2 Å². The van der Waals surface area contributed by atoms with Crippen LogP contribution < -0.4 is 5.32 Å². The lowest BCUT2D eigenvalue weighted by molar-refractivity contribution is -0.257. The van der Waals surface area contributed by atoms with E-state index in [1.54, 1.807) is 10.9 Å². The molecular formula is C53H80N4O13. The first-order chi connectivity index (χ1) is 32.8. The van der Waals surface area contributed by atoms with Crippen molar-refractivity contribution in [2.45, 2.75) is 216 Å². The summed E-state index contributed by atoms with van der Waals surface area (Å²) < 4.78 is 35.4. The number of nitrogens with zero attached hydrogens (tertiary/aromatic N) is 3. The number of amides is 1. The molecule has 0 radical (unpaired) electrons. The lowest BCUT2D eigenvalue weighted by Crippen LogP contribution is -2.66. The number of nitrogens with one attached hydrogen (secondary N) is 1. The number of aromatic nitrogens is 3. The van der Waals surface area contributed by atoms with Crippen molar-refractivity contribution < 1.29 is 62.3 Å². The molecule has 2 heterocycles. The number of carbonyl (C=O) groups excluding carboxylic acids is 6. The van der Waals surface area contributed by atoms with Gasteiger partial charge in [0.25, 0.3) is 0 Å². The fourth-order valence-corrected chi connectivity index (χ4v) is 14.7. The SMILES string of the molecule is CC(=O)OC[C@H]1O[C@@H](NC(=O)CCCCCn2cc(COC(=O)[C@]34CCC(C)(C)C[C@H]3C3=CC[C@@H]5[C@@]6(C)CC[C@H](O)C(C)(C)[C@@H]6CC[C@@]5(C)[C@]3(C)CC4)nn2)[C@H](OC(C)=O)[C@@H](OC(C)=O)[C@@H]1OC(C)=O. The van der Waals surface area contributed by atoms with E-state index in [0.29, 0.717) is 43.3 Å². The Morgan fingerprint density at radius 2 is 1.44 bits per heavy atom. The van der Waals surface area contributed by atoms with Crippen molar-refractivity contribution in [3.8, 4) is 0 Å². The Balaban J connectivity index is 0.940. The van der Waals surface area contributed by atoms with Crippen LogP contribution in [0.2, 0.25) is 0 Å². The van der Waals surface area contributed by atoms with Gasteiger partial charge in [0, 0.05) is 40.7 Å². The van der Waals surface area contributed by atoms with Crippen molar-refractivity contribution in [3.05, 3.63) is 23.5 Å². The van der Waals surface area contributed by atoms with E-state index in [-0.39, 0.29) is 58.1 Å². The standard InChI is InChI=1S/C53H80N4O13/c1-31(58)65-30-38-43(67-32(2)59)44(68-33(3)60)45(69-34(4)61)46(70-38)54-42(63)15-13-12-14-26-57-28-35(55-56-57)29-66-47(64)53-24-22-48(5,6)27-37(53)36-16-17-40-50(9)20-19-41(62)49(7,8)39(50)18-21-52(40,11)51(36,10)23-25-53/h16,28,37-41,43-46,62H,12-15,17-27,29-30H2,1-11H3,(H,54,63)/t37-,38+,39-,40+,41-,43+,44-,45+,46+,50-,51+,52+,53-/m0/s1. The normalized spacial score (nSPS) is 37.1. The van der Waals surface area contributed by atoms with E-state index in [1.165, 1.54) is 12.5 Å². The second kappa shape index (κ2) is 20.3. The largest absolute Gasteiger partial charge is 0.463 e. The van der Waals surface area contributed by atoms with E-state index >= 15 is 0 Å². The minimum atomic E-state index is -1.39. The molecule has 6 aliphatic rings. The molecule has 0 spiro atoms.